The van der Waals surface area contributed by atoms with E-state index in [-0.39, 0.29) is 23.6 Å². The van der Waals surface area contributed by atoms with Gasteiger partial charge in [0.15, 0.2) is 0 Å². The summed E-state index contributed by atoms with van der Waals surface area (Å²) in [5.74, 6) is -0.929. The van der Waals surface area contributed by atoms with Crippen molar-refractivity contribution in [2.24, 2.45) is 5.92 Å². The zero-order chi connectivity index (χ0) is 32.8. The van der Waals surface area contributed by atoms with Crippen molar-refractivity contribution in [2.75, 3.05) is 30.8 Å². The number of hydrogen-bond donors (Lipinski definition) is 4. The van der Waals surface area contributed by atoms with Crippen LogP contribution in [0, 0.1) is 5.92 Å². The number of aliphatic hydroxyl groups excluding tert-OH is 1. The monoisotopic (exact) mass is 629 g/mol. The Morgan fingerprint density at radius 1 is 0.848 bits per heavy atom. The molecule has 5 rings (SSSR count). The van der Waals surface area contributed by atoms with Gasteiger partial charge in [-0.2, -0.15) is 0 Å². The molecule has 0 saturated carbocycles. The highest BCUT2D eigenvalue weighted by Gasteiger charge is 2.39. The van der Waals surface area contributed by atoms with Crippen molar-refractivity contribution < 1.29 is 29.0 Å². The predicted octanol–water partition coefficient (Wildman–Crippen LogP) is 4.11. The van der Waals surface area contributed by atoms with E-state index < -0.39 is 30.4 Å². The minimum atomic E-state index is -0.799. The molecular weight excluding hydrogens is 586 g/mol. The normalized spacial score (nSPS) is 19.5. The Labute approximate surface area is 269 Å². The summed E-state index contributed by atoms with van der Waals surface area (Å²) in [6.45, 7) is 4.75. The molecule has 11 nitrogen and oxygen atoms in total. The van der Waals surface area contributed by atoms with Gasteiger partial charge in [0.05, 0.1) is 13.2 Å². The number of ether oxygens (including phenoxy) is 1. The molecule has 0 bridgehead atoms. The number of amides is 4. The van der Waals surface area contributed by atoms with Gasteiger partial charge in [0.25, 0.3) is 0 Å². The van der Waals surface area contributed by atoms with Crippen LogP contribution >= 0.6 is 0 Å². The Hall–Kier alpha value is -4.48. The quantitative estimate of drug-likeness (QED) is 0.265. The van der Waals surface area contributed by atoms with Crippen LogP contribution in [0.15, 0.2) is 66.7 Å². The van der Waals surface area contributed by atoms with Crippen molar-refractivity contribution in [1.82, 2.24) is 15.1 Å². The van der Waals surface area contributed by atoms with Crippen molar-refractivity contribution in [1.29, 1.82) is 0 Å². The highest BCUT2D eigenvalue weighted by Crippen LogP contribution is 2.27. The van der Waals surface area contributed by atoms with Crippen molar-refractivity contribution in [3.8, 4) is 0 Å². The SMILES string of the molecule is COC(=O)N[C@H](C(=O)N1CCC[C@H]1C(=O)Nc1ccc2cc(NC(=O)[C@@H]3CCCN3C(O)Cc3ccccc3)ccc2c1)C(C)C. The fourth-order valence-corrected chi connectivity index (χ4v) is 6.40. The van der Waals surface area contributed by atoms with Crippen LogP contribution in [0.1, 0.15) is 45.1 Å². The number of benzene rings is 3. The average Bonchev–Trinajstić information content (AvgIpc) is 3.75. The Balaban J connectivity index is 1.21. The topological polar surface area (TPSA) is 140 Å². The van der Waals surface area contributed by atoms with Gasteiger partial charge in [0.1, 0.15) is 18.3 Å². The van der Waals surface area contributed by atoms with Gasteiger partial charge in [-0.1, -0.05) is 56.3 Å². The zero-order valence-electron chi connectivity index (χ0n) is 26.6. The van der Waals surface area contributed by atoms with Crippen molar-refractivity contribution >= 4 is 46.0 Å². The van der Waals surface area contributed by atoms with E-state index in [1.54, 1.807) is 6.07 Å². The Morgan fingerprint density at radius 3 is 2.04 bits per heavy atom. The first-order valence-corrected chi connectivity index (χ1v) is 15.9. The van der Waals surface area contributed by atoms with Crippen LogP contribution in [-0.4, -0.2) is 83.3 Å². The maximum absolute atomic E-state index is 13.3. The highest BCUT2D eigenvalue weighted by molar-refractivity contribution is 6.01. The summed E-state index contributed by atoms with van der Waals surface area (Å²) >= 11 is 0. The van der Waals surface area contributed by atoms with Crippen molar-refractivity contribution in [3.63, 3.8) is 0 Å². The number of hydrogen-bond acceptors (Lipinski definition) is 7. The van der Waals surface area contributed by atoms with Gasteiger partial charge >= 0.3 is 6.09 Å². The number of likely N-dealkylation sites (tertiary alicyclic amines) is 2. The summed E-state index contributed by atoms with van der Waals surface area (Å²) in [7, 11) is 1.24. The van der Waals surface area contributed by atoms with Crippen LogP contribution in [0.4, 0.5) is 16.2 Å². The van der Waals surface area contributed by atoms with Crippen molar-refractivity contribution in [2.45, 2.75) is 70.3 Å². The molecule has 11 heteroatoms. The number of carbonyl (C=O) groups excluding carboxylic acids is 4. The van der Waals surface area contributed by atoms with E-state index in [9.17, 15) is 24.3 Å². The molecule has 2 aliphatic rings. The smallest absolute Gasteiger partial charge is 0.407 e. The summed E-state index contributed by atoms with van der Waals surface area (Å²) < 4.78 is 4.68. The first-order chi connectivity index (χ1) is 22.1. The first kappa shape index (κ1) is 32.9. The van der Waals surface area contributed by atoms with Crippen LogP contribution in [0.3, 0.4) is 0 Å². The van der Waals surface area contributed by atoms with E-state index in [4.69, 9.17) is 0 Å². The number of aliphatic hydroxyl groups is 1. The third-order valence-corrected chi connectivity index (χ3v) is 8.85. The molecular formula is C35H43N5O6. The van der Waals surface area contributed by atoms with Gasteiger partial charge in [-0.25, -0.2) is 4.79 Å². The maximum Gasteiger partial charge on any atom is 0.407 e. The molecule has 1 unspecified atom stereocenters. The number of rotatable bonds is 10. The molecule has 0 aliphatic carbocycles. The first-order valence-electron chi connectivity index (χ1n) is 15.9. The number of alkyl carbamates (subject to hydrolysis) is 1. The van der Waals surface area contributed by atoms with Crippen LogP contribution in [0.25, 0.3) is 10.8 Å². The highest BCUT2D eigenvalue weighted by atomic mass is 16.5. The Bertz CT molecular complexity index is 1560. The van der Waals surface area contributed by atoms with Gasteiger partial charge in [0, 0.05) is 30.9 Å². The molecule has 4 atom stereocenters. The molecule has 4 amide bonds. The molecule has 244 valence electrons. The van der Waals surface area contributed by atoms with E-state index in [0.717, 1.165) is 22.8 Å². The summed E-state index contributed by atoms with van der Waals surface area (Å²) in [6.07, 6.45) is 1.75. The van der Waals surface area contributed by atoms with E-state index in [0.29, 0.717) is 50.1 Å². The van der Waals surface area contributed by atoms with Gasteiger partial charge in [-0.3, -0.25) is 19.3 Å². The number of fused-ring (bicyclic) bond motifs is 1. The lowest BCUT2D eigenvalue weighted by Gasteiger charge is -2.30. The summed E-state index contributed by atoms with van der Waals surface area (Å²) in [5.41, 5.74) is 2.27. The molecule has 2 aliphatic heterocycles. The number of methoxy groups -OCH3 is 1. The zero-order valence-corrected chi connectivity index (χ0v) is 26.6. The van der Waals surface area contributed by atoms with Crippen LogP contribution in [0.2, 0.25) is 0 Å². The number of nitrogens with one attached hydrogen (secondary N) is 3. The van der Waals surface area contributed by atoms with Gasteiger partial charge in [-0.05, 0) is 72.2 Å². The summed E-state index contributed by atoms with van der Waals surface area (Å²) in [6, 6.07) is 19.0. The summed E-state index contributed by atoms with van der Waals surface area (Å²) in [4.78, 5) is 55.2. The van der Waals surface area contributed by atoms with Crippen LogP contribution in [-0.2, 0) is 25.5 Å². The number of nitrogens with zero attached hydrogens (tertiary/aromatic N) is 2. The predicted molar refractivity (Wildman–Crippen MR) is 176 cm³/mol. The summed E-state index contributed by atoms with van der Waals surface area (Å²) in [5, 5.41) is 21.2. The fourth-order valence-electron chi connectivity index (χ4n) is 6.40. The lowest BCUT2D eigenvalue weighted by molar-refractivity contribution is -0.139. The van der Waals surface area contributed by atoms with E-state index in [2.05, 4.69) is 20.7 Å². The Kier molecular flexibility index (Phi) is 10.5. The van der Waals surface area contributed by atoms with Gasteiger partial charge in [0.2, 0.25) is 17.7 Å². The molecule has 0 spiro atoms. The van der Waals surface area contributed by atoms with E-state index >= 15 is 0 Å². The van der Waals surface area contributed by atoms with Gasteiger partial charge < -0.3 is 30.7 Å². The van der Waals surface area contributed by atoms with Gasteiger partial charge in [-0.15, -0.1) is 0 Å². The van der Waals surface area contributed by atoms with E-state index in [1.165, 1.54) is 12.0 Å². The van der Waals surface area contributed by atoms with Crippen LogP contribution < -0.4 is 16.0 Å². The lowest BCUT2D eigenvalue weighted by atomic mass is 10.0. The minimum absolute atomic E-state index is 0.148. The second-order valence-electron chi connectivity index (χ2n) is 12.4. The standard InChI is InChI=1S/C35H43N5O6/c1-22(2)31(38-35(45)46-3)34(44)40-18-8-12-29(40)33(43)37-27-16-14-24-20-26(15-13-25(24)21-27)36-32(42)28-11-7-17-39(28)30(41)19-23-9-5-4-6-10-23/h4-6,9-10,13-16,20-22,28-31,41H,7-8,11-12,17-19H2,1-3H3,(H,36,42)(H,37,43)(H,38,45)/t28-,29-,30?,31-/m0/s1. The maximum atomic E-state index is 13.3. The second kappa shape index (κ2) is 14.7. The lowest BCUT2D eigenvalue weighted by Crippen LogP contribution is -2.54. The molecule has 46 heavy (non-hydrogen) atoms. The molecule has 0 aromatic heterocycles. The van der Waals surface area contributed by atoms with E-state index in [1.807, 2.05) is 79.4 Å². The minimum Gasteiger partial charge on any atom is -0.453 e. The third-order valence-electron chi connectivity index (χ3n) is 8.85. The van der Waals surface area contributed by atoms with Crippen LogP contribution in [0.5, 0.6) is 0 Å². The molecule has 2 saturated heterocycles. The fraction of sp³-hybridized carbons (Fsp3) is 0.429. The molecule has 3 aromatic carbocycles. The molecule has 4 N–H and O–H groups in total. The molecule has 0 radical (unpaired) electrons. The average molecular weight is 630 g/mol. The third kappa shape index (κ3) is 7.66. The van der Waals surface area contributed by atoms with Crippen molar-refractivity contribution in [3.05, 3.63) is 72.3 Å². The Morgan fingerprint density at radius 2 is 1.43 bits per heavy atom. The molecule has 3 aromatic rings. The number of anilines is 2. The second-order valence-corrected chi connectivity index (χ2v) is 12.4. The molecule has 2 heterocycles. The molecule has 2 fully saturated rings. The number of carbonyl (C=O) groups is 4. The largest absolute Gasteiger partial charge is 0.453 e.